The van der Waals surface area contributed by atoms with Crippen LogP contribution in [0.3, 0.4) is 0 Å². The van der Waals surface area contributed by atoms with Crippen LogP contribution in [0, 0.1) is 6.92 Å². The van der Waals surface area contributed by atoms with Crippen LogP contribution in [-0.2, 0) is 6.61 Å². The summed E-state index contributed by atoms with van der Waals surface area (Å²) < 4.78 is 5.75. The molecule has 0 aliphatic rings. The Morgan fingerprint density at radius 1 is 1.19 bits per heavy atom. The third-order valence-electron chi connectivity index (χ3n) is 3.43. The van der Waals surface area contributed by atoms with Crippen molar-refractivity contribution in [3.05, 3.63) is 65.4 Å². The third kappa shape index (κ3) is 2.74. The lowest BCUT2D eigenvalue weighted by Crippen LogP contribution is -1.97. The van der Waals surface area contributed by atoms with E-state index in [4.69, 9.17) is 9.84 Å². The molecule has 2 N–H and O–H groups in total. The summed E-state index contributed by atoms with van der Waals surface area (Å²) in [5.41, 5.74) is 3.30. The summed E-state index contributed by atoms with van der Waals surface area (Å²) in [5, 5.41) is 9.94. The normalized spacial score (nSPS) is 10.7. The molecule has 2 aromatic carbocycles. The van der Waals surface area contributed by atoms with Gasteiger partial charge < -0.3 is 14.8 Å². The molecule has 1 heterocycles. The predicted octanol–water partition coefficient (Wildman–Crippen LogP) is 3.75. The van der Waals surface area contributed by atoms with Gasteiger partial charge in [-0.3, -0.25) is 0 Å². The smallest absolute Gasteiger partial charge is 0.335 e. The predicted molar refractivity (Wildman–Crippen MR) is 80.8 cm³/mol. The summed E-state index contributed by atoms with van der Waals surface area (Å²) in [6, 6.07) is 12.9. The molecule has 1 aromatic heterocycles. The number of aromatic nitrogens is 1. The summed E-state index contributed by atoms with van der Waals surface area (Å²) >= 11 is 0. The first-order valence-electron chi connectivity index (χ1n) is 6.66. The van der Waals surface area contributed by atoms with E-state index in [2.05, 4.69) is 4.98 Å². The van der Waals surface area contributed by atoms with Gasteiger partial charge in [-0.1, -0.05) is 17.7 Å². The van der Waals surface area contributed by atoms with E-state index in [-0.39, 0.29) is 5.56 Å². The van der Waals surface area contributed by atoms with E-state index in [0.29, 0.717) is 6.61 Å². The molecule has 0 saturated heterocycles. The van der Waals surface area contributed by atoms with Crippen molar-refractivity contribution in [3.63, 3.8) is 0 Å². The summed E-state index contributed by atoms with van der Waals surface area (Å²) in [6.45, 7) is 2.42. The molecule has 3 aromatic rings. The lowest BCUT2D eigenvalue weighted by molar-refractivity contribution is 0.0697. The van der Waals surface area contributed by atoms with Gasteiger partial charge in [-0.15, -0.1) is 0 Å². The van der Waals surface area contributed by atoms with Crippen LogP contribution in [0.4, 0.5) is 0 Å². The molecule has 0 saturated carbocycles. The van der Waals surface area contributed by atoms with E-state index >= 15 is 0 Å². The van der Waals surface area contributed by atoms with Crippen LogP contribution in [0.15, 0.2) is 48.7 Å². The number of hydrogen-bond acceptors (Lipinski definition) is 2. The second kappa shape index (κ2) is 5.32. The Morgan fingerprint density at radius 2 is 1.95 bits per heavy atom. The number of carboxylic acids is 1. The monoisotopic (exact) mass is 281 g/mol. The van der Waals surface area contributed by atoms with Crippen LogP contribution in [0.1, 0.15) is 21.5 Å². The number of rotatable bonds is 4. The molecule has 106 valence electrons. The van der Waals surface area contributed by atoms with E-state index in [1.54, 1.807) is 18.2 Å². The van der Waals surface area contributed by atoms with Crippen LogP contribution in [-0.4, -0.2) is 16.1 Å². The fraction of sp³-hybridized carbons (Fsp3) is 0.118. The van der Waals surface area contributed by atoms with Crippen molar-refractivity contribution in [2.45, 2.75) is 13.5 Å². The molecule has 0 aliphatic heterocycles. The number of carboxylic acid groups (broad SMARTS) is 1. The number of fused-ring (bicyclic) bond motifs is 1. The second-order valence-electron chi connectivity index (χ2n) is 4.98. The zero-order chi connectivity index (χ0) is 14.8. The lowest BCUT2D eigenvalue weighted by Gasteiger charge is -2.06. The number of aryl methyl sites for hydroxylation is 1. The minimum atomic E-state index is -0.927. The van der Waals surface area contributed by atoms with E-state index < -0.39 is 5.97 Å². The van der Waals surface area contributed by atoms with E-state index in [1.165, 1.54) is 5.56 Å². The molecule has 0 aliphatic carbocycles. The number of benzene rings is 2. The highest BCUT2D eigenvalue weighted by molar-refractivity contribution is 5.94. The van der Waals surface area contributed by atoms with Gasteiger partial charge in [0.05, 0.1) is 5.56 Å². The van der Waals surface area contributed by atoms with Crippen molar-refractivity contribution in [3.8, 4) is 5.75 Å². The molecule has 3 rings (SSSR count). The van der Waals surface area contributed by atoms with Crippen molar-refractivity contribution < 1.29 is 14.6 Å². The number of hydrogen-bond donors (Lipinski definition) is 2. The minimum Gasteiger partial charge on any atom is -0.489 e. The zero-order valence-corrected chi connectivity index (χ0v) is 11.6. The molecule has 21 heavy (non-hydrogen) atoms. The van der Waals surface area contributed by atoms with Crippen LogP contribution in [0.25, 0.3) is 10.9 Å². The zero-order valence-electron chi connectivity index (χ0n) is 11.6. The Labute approximate surface area is 122 Å². The van der Waals surface area contributed by atoms with Crippen molar-refractivity contribution >= 4 is 16.9 Å². The molecule has 0 unspecified atom stereocenters. The van der Waals surface area contributed by atoms with E-state index in [9.17, 15) is 4.79 Å². The van der Waals surface area contributed by atoms with Crippen molar-refractivity contribution in [1.82, 2.24) is 4.98 Å². The minimum absolute atomic E-state index is 0.277. The average molecular weight is 281 g/mol. The molecule has 0 fully saturated rings. The Kier molecular flexibility index (Phi) is 3.36. The van der Waals surface area contributed by atoms with Gasteiger partial charge in [0.25, 0.3) is 0 Å². The summed E-state index contributed by atoms with van der Waals surface area (Å²) in [6.07, 6.45) is 1.85. The number of ether oxygens (including phenoxy) is 1. The molecule has 4 heteroatoms. The first-order valence-corrected chi connectivity index (χ1v) is 6.66. The number of aromatic carboxylic acids is 1. The highest BCUT2D eigenvalue weighted by Gasteiger charge is 2.09. The Bertz CT molecular complexity index is 787. The van der Waals surface area contributed by atoms with Crippen LogP contribution >= 0.6 is 0 Å². The number of carbonyl (C=O) groups is 1. The van der Waals surface area contributed by atoms with Crippen LogP contribution in [0.2, 0.25) is 0 Å². The molecular formula is C17H15NO3. The van der Waals surface area contributed by atoms with Crippen molar-refractivity contribution in [1.29, 1.82) is 0 Å². The molecular weight excluding hydrogens is 266 g/mol. The van der Waals surface area contributed by atoms with Gasteiger partial charge in [0, 0.05) is 22.7 Å². The number of aromatic amines is 1. The van der Waals surface area contributed by atoms with Crippen LogP contribution in [0.5, 0.6) is 5.75 Å². The fourth-order valence-corrected chi connectivity index (χ4v) is 2.23. The largest absolute Gasteiger partial charge is 0.489 e. The maximum absolute atomic E-state index is 11.0. The second-order valence-corrected chi connectivity index (χ2v) is 4.98. The first-order chi connectivity index (χ1) is 10.1. The number of H-pyrrole nitrogens is 1. The molecule has 0 radical (unpaired) electrons. The van der Waals surface area contributed by atoms with Gasteiger partial charge in [0.2, 0.25) is 0 Å². The molecule has 0 amide bonds. The Balaban J connectivity index is 1.84. The summed E-state index contributed by atoms with van der Waals surface area (Å²) in [7, 11) is 0. The number of nitrogens with one attached hydrogen (secondary N) is 1. The average Bonchev–Trinajstić information content (AvgIpc) is 2.89. The fourth-order valence-electron chi connectivity index (χ4n) is 2.23. The van der Waals surface area contributed by atoms with Gasteiger partial charge in [-0.05, 0) is 37.3 Å². The maximum Gasteiger partial charge on any atom is 0.335 e. The van der Waals surface area contributed by atoms with Gasteiger partial charge >= 0.3 is 5.97 Å². The molecule has 4 nitrogen and oxygen atoms in total. The molecule has 0 bridgehead atoms. The highest BCUT2D eigenvalue weighted by atomic mass is 16.5. The first kappa shape index (κ1) is 13.2. The molecule has 0 spiro atoms. The van der Waals surface area contributed by atoms with Gasteiger partial charge in [0.15, 0.2) is 0 Å². The van der Waals surface area contributed by atoms with Gasteiger partial charge in [0.1, 0.15) is 12.4 Å². The SMILES string of the molecule is Cc1ccc(OCc2c[nH]c3ccc(C(=O)O)cc23)cc1. The maximum atomic E-state index is 11.0. The lowest BCUT2D eigenvalue weighted by atomic mass is 10.1. The highest BCUT2D eigenvalue weighted by Crippen LogP contribution is 2.22. The Hall–Kier alpha value is -2.75. The van der Waals surface area contributed by atoms with E-state index in [1.807, 2.05) is 37.4 Å². The standard InChI is InChI=1S/C17H15NO3/c1-11-2-5-14(6-3-11)21-10-13-9-18-16-7-4-12(17(19)20)8-15(13)16/h2-9,18H,10H2,1H3,(H,19,20). The van der Waals surface area contributed by atoms with Crippen LogP contribution < -0.4 is 4.74 Å². The third-order valence-corrected chi connectivity index (χ3v) is 3.43. The summed E-state index contributed by atoms with van der Waals surface area (Å²) in [5.74, 6) is -0.132. The Morgan fingerprint density at radius 3 is 2.67 bits per heavy atom. The quantitative estimate of drug-likeness (QED) is 0.765. The molecule has 0 atom stereocenters. The topological polar surface area (TPSA) is 62.3 Å². The summed E-state index contributed by atoms with van der Waals surface area (Å²) in [4.78, 5) is 14.2. The van der Waals surface area contributed by atoms with Crippen molar-refractivity contribution in [2.75, 3.05) is 0 Å². The van der Waals surface area contributed by atoms with Gasteiger partial charge in [-0.25, -0.2) is 4.79 Å². The van der Waals surface area contributed by atoms with Gasteiger partial charge in [-0.2, -0.15) is 0 Å². The van der Waals surface area contributed by atoms with Crippen molar-refractivity contribution in [2.24, 2.45) is 0 Å². The van der Waals surface area contributed by atoms with E-state index in [0.717, 1.165) is 22.2 Å².